The Morgan fingerprint density at radius 2 is 2.26 bits per heavy atom. The third-order valence-corrected chi connectivity index (χ3v) is 5.32. The minimum absolute atomic E-state index is 0.158. The van der Waals surface area contributed by atoms with E-state index < -0.39 is 0 Å². The molecule has 0 unspecified atom stereocenters. The number of rotatable bonds is 6. The molecule has 1 atom stereocenters. The summed E-state index contributed by atoms with van der Waals surface area (Å²) in [7, 11) is 0. The lowest BCUT2D eigenvalue weighted by Gasteiger charge is -2.31. The molecule has 3 rings (SSSR count). The van der Waals surface area contributed by atoms with Gasteiger partial charge in [-0.15, -0.1) is 11.3 Å². The Hall–Kier alpha value is -2.12. The summed E-state index contributed by atoms with van der Waals surface area (Å²) in [5, 5.41) is 3.04. The predicted molar refractivity (Wildman–Crippen MR) is 103 cm³/mol. The van der Waals surface area contributed by atoms with Crippen LogP contribution in [0.15, 0.2) is 29.6 Å². The molecular weight excluding hydrogens is 388 g/mol. The molecule has 8 heteroatoms. The van der Waals surface area contributed by atoms with E-state index in [1.165, 1.54) is 11.3 Å². The normalized spacial score (nSPS) is 16.8. The van der Waals surface area contributed by atoms with Gasteiger partial charge in [0.2, 0.25) is 0 Å². The molecular formula is C19H21ClN2O4S. The summed E-state index contributed by atoms with van der Waals surface area (Å²) in [5.41, 5.74) is 0.384. The van der Waals surface area contributed by atoms with Crippen LogP contribution in [0.1, 0.15) is 35.3 Å². The molecule has 144 valence electrons. The summed E-state index contributed by atoms with van der Waals surface area (Å²) in [6.45, 7) is 3.41. The van der Waals surface area contributed by atoms with Crippen molar-refractivity contribution >= 4 is 34.8 Å². The van der Waals surface area contributed by atoms with E-state index in [0.29, 0.717) is 41.2 Å². The lowest BCUT2D eigenvalue weighted by molar-refractivity contribution is -0.149. The molecule has 0 spiro atoms. The summed E-state index contributed by atoms with van der Waals surface area (Å²) in [4.78, 5) is 30.7. The van der Waals surface area contributed by atoms with Crippen molar-refractivity contribution < 1.29 is 19.1 Å². The van der Waals surface area contributed by atoms with Gasteiger partial charge in [0.25, 0.3) is 5.91 Å². The average molecular weight is 409 g/mol. The molecule has 2 heterocycles. The number of carbonyl (C=O) groups excluding carboxylic acids is 2. The molecule has 1 aromatic carbocycles. The van der Waals surface area contributed by atoms with Crippen LogP contribution in [0.3, 0.4) is 0 Å². The summed E-state index contributed by atoms with van der Waals surface area (Å²) < 4.78 is 10.7. The van der Waals surface area contributed by atoms with Crippen LogP contribution in [0.2, 0.25) is 5.02 Å². The van der Waals surface area contributed by atoms with E-state index in [4.69, 9.17) is 21.1 Å². The zero-order valence-electron chi connectivity index (χ0n) is 15.0. The molecule has 0 aliphatic carbocycles. The fraction of sp³-hybridized carbons (Fsp3) is 0.421. The maximum atomic E-state index is 12.7. The highest BCUT2D eigenvalue weighted by Gasteiger charge is 2.30. The lowest BCUT2D eigenvalue weighted by atomic mass is 9.98. The monoisotopic (exact) mass is 408 g/mol. The second kappa shape index (κ2) is 9.19. The van der Waals surface area contributed by atoms with Gasteiger partial charge in [-0.05, 0) is 38.0 Å². The number of piperidine rings is 1. The van der Waals surface area contributed by atoms with Gasteiger partial charge in [0.15, 0.2) is 0 Å². The third-order valence-electron chi connectivity index (χ3n) is 4.26. The molecule has 2 aromatic rings. The second-order valence-corrected chi connectivity index (χ2v) is 7.59. The number of ether oxygens (including phenoxy) is 2. The number of hydrogen-bond acceptors (Lipinski definition) is 6. The number of nitrogens with zero attached hydrogens (tertiary/aromatic N) is 2. The van der Waals surface area contributed by atoms with Crippen LogP contribution in [0.5, 0.6) is 5.75 Å². The van der Waals surface area contributed by atoms with E-state index in [1.54, 1.807) is 29.3 Å². The third kappa shape index (κ3) is 5.20. The van der Waals surface area contributed by atoms with Crippen LogP contribution >= 0.6 is 22.9 Å². The summed E-state index contributed by atoms with van der Waals surface area (Å²) >= 11 is 7.31. The number of hydrogen-bond donors (Lipinski definition) is 0. The van der Waals surface area contributed by atoms with Gasteiger partial charge in [0.05, 0.1) is 12.5 Å². The molecule has 0 radical (unpaired) electrons. The maximum Gasteiger partial charge on any atom is 0.310 e. The molecule has 1 amide bonds. The van der Waals surface area contributed by atoms with Crippen molar-refractivity contribution in [2.24, 2.45) is 5.92 Å². The smallest absolute Gasteiger partial charge is 0.310 e. The van der Waals surface area contributed by atoms with Gasteiger partial charge in [-0.3, -0.25) is 9.59 Å². The molecule has 0 saturated carbocycles. The van der Waals surface area contributed by atoms with Crippen LogP contribution in [-0.2, 0) is 16.1 Å². The molecule has 1 aromatic heterocycles. The molecule has 1 fully saturated rings. The first kappa shape index (κ1) is 19.6. The van der Waals surface area contributed by atoms with Crippen molar-refractivity contribution in [1.82, 2.24) is 9.88 Å². The van der Waals surface area contributed by atoms with Gasteiger partial charge in [-0.2, -0.15) is 0 Å². The number of carbonyl (C=O) groups is 2. The Kier molecular flexibility index (Phi) is 6.68. The lowest BCUT2D eigenvalue weighted by Crippen LogP contribution is -2.43. The van der Waals surface area contributed by atoms with E-state index in [2.05, 4.69) is 4.98 Å². The van der Waals surface area contributed by atoms with Crippen molar-refractivity contribution in [3.05, 3.63) is 45.4 Å². The van der Waals surface area contributed by atoms with E-state index in [1.807, 2.05) is 12.1 Å². The van der Waals surface area contributed by atoms with Crippen molar-refractivity contribution in [3.8, 4) is 5.75 Å². The van der Waals surface area contributed by atoms with Crippen LogP contribution < -0.4 is 4.74 Å². The maximum absolute atomic E-state index is 12.7. The molecule has 6 nitrogen and oxygen atoms in total. The second-order valence-electron chi connectivity index (χ2n) is 6.21. The first-order chi connectivity index (χ1) is 13.1. The first-order valence-electron chi connectivity index (χ1n) is 8.85. The number of thiazole rings is 1. The highest BCUT2D eigenvalue weighted by atomic mass is 35.5. The van der Waals surface area contributed by atoms with Crippen molar-refractivity contribution in [1.29, 1.82) is 0 Å². The van der Waals surface area contributed by atoms with Gasteiger partial charge < -0.3 is 14.4 Å². The van der Waals surface area contributed by atoms with Crippen LogP contribution in [-0.4, -0.2) is 41.5 Å². The largest absolute Gasteiger partial charge is 0.486 e. The number of likely N-dealkylation sites (tertiary alicyclic amines) is 1. The Balaban J connectivity index is 1.58. The van der Waals surface area contributed by atoms with Crippen molar-refractivity contribution in [2.45, 2.75) is 26.4 Å². The molecule has 0 N–H and O–H groups in total. The fourth-order valence-corrected chi connectivity index (χ4v) is 3.81. The van der Waals surface area contributed by atoms with E-state index in [0.717, 1.165) is 12.8 Å². The number of aromatic nitrogens is 1. The highest BCUT2D eigenvalue weighted by Crippen LogP contribution is 2.22. The Bertz CT molecular complexity index is 811. The zero-order chi connectivity index (χ0) is 19.2. The molecule has 27 heavy (non-hydrogen) atoms. The van der Waals surface area contributed by atoms with Crippen LogP contribution in [0, 0.1) is 5.92 Å². The van der Waals surface area contributed by atoms with Crippen molar-refractivity contribution in [3.63, 3.8) is 0 Å². The Morgan fingerprint density at radius 3 is 3.04 bits per heavy atom. The minimum atomic E-state index is -0.257. The quantitative estimate of drug-likeness (QED) is 0.680. The number of halogens is 1. The number of esters is 1. The van der Waals surface area contributed by atoms with Gasteiger partial charge in [-0.1, -0.05) is 17.7 Å². The highest BCUT2D eigenvalue weighted by molar-refractivity contribution is 7.09. The Morgan fingerprint density at radius 1 is 1.41 bits per heavy atom. The number of amides is 1. The average Bonchev–Trinajstić information content (AvgIpc) is 3.15. The van der Waals surface area contributed by atoms with Gasteiger partial charge in [0.1, 0.15) is 23.1 Å². The molecule has 1 aliphatic heterocycles. The molecule has 0 bridgehead atoms. The summed E-state index contributed by atoms with van der Waals surface area (Å²) in [5.74, 6) is 0.00365. The topological polar surface area (TPSA) is 68.7 Å². The van der Waals surface area contributed by atoms with Crippen LogP contribution in [0.25, 0.3) is 0 Å². The minimum Gasteiger partial charge on any atom is -0.486 e. The summed E-state index contributed by atoms with van der Waals surface area (Å²) in [6, 6.07) is 7.13. The number of benzene rings is 1. The van der Waals surface area contributed by atoms with E-state index >= 15 is 0 Å². The predicted octanol–water partition coefficient (Wildman–Crippen LogP) is 3.79. The Labute approximate surface area is 167 Å². The first-order valence-corrected chi connectivity index (χ1v) is 10.1. The van der Waals surface area contributed by atoms with Crippen molar-refractivity contribution in [2.75, 3.05) is 19.7 Å². The SMILES string of the molecule is CCOC(=O)[C@@H]1CCCN(C(=O)c2csc(COc3cccc(Cl)c3)n2)C1. The fourth-order valence-electron chi connectivity index (χ4n) is 2.95. The standard InChI is InChI=1S/C19H21ClN2O4S/c1-2-25-19(24)13-5-4-8-22(10-13)18(23)16-12-27-17(21-16)11-26-15-7-3-6-14(20)9-15/h3,6-7,9,12-13H,2,4-5,8,10-11H2,1H3/t13-/m1/s1. The van der Waals surface area contributed by atoms with E-state index in [9.17, 15) is 9.59 Å². The van der Waals surface area contributed by atoms with E-state index in [-0.39, 0.29) is 24.4 Å². The van der Waals surface area contributed by atoms with Gasteiger partial charge in [0, 0.05) is 23.5 Å². The van der Waals surface area contributed by atoms with Gasteiger partial charge >= 0.3 is 5.97 Å². The van der Waals surface area contributed by atoms with Gasteiger partial charge in [-0.25, -0.2) is 4.98 Å². The zero-order valence-corrected chi connectivity index (χ0v) is 16.6. The van der Waals surface area contributed by atoms with Crippen LogP contribution in [0.4, 0.5) is 0 Å². The molecule has 1 aliphatic rings. The summed E-state index contributed by atoms with van der Waals surface area (Å²) in [6.07, 6.45) is 1.53. The molecule has 1 saturated heterocycles.